The highest BCUT2D eigenvalue weighted by Crippen LogP contribution is 2.61. The third-order valence-corrected chi connectivity index (χ3v) is 3.62. The first kappa shape index (κ1) is 7.92. The summed E-state index contributed by atoms with van der Waals surface area (Å²) in [6.07, 6.45) is 9.12. The van der Waals surface area contributed by atoms with Crippen LogP contribution >= 0.6 is 15.9 Å². The summed E-state index contributed by atoms with van der Waals surface area (Å²) in [5.41, 5.74) is 0.403. The van der Waals surface area contributed by atoms with Gasteiger partial charge in [0.25, 0.3) is 0 Å². The highest BCUT2D eigenvalue weighted by Gasteiger charge is 2.56. The molecule has 13 heavy (non-hydrogen) atoms. The fraction of sp³-hybridized carbons (Fsp3) is 0.600. The maximum atomic E-state index is 4.42. The van der Waals surface area contributed by atoms with Crippen molar-refractivity contribution in [2.45, 2.75) is 31.1 Å². The molecule has 1 aromatic heterocycles. The predicted octanol–water partition coefficient (Wildman–Crippen LogP) is 2.68. The van der Waals surface area contributed by atoms with Crippen molar-refractivity contribution in [3.05, 3.63) is 22.7 Å². The van der Waals surface area contributed by atoms with Gasteiger partial charge in [-0.15, -0.1) is 0 Å². The minimum absolute atomic E-state index is 0.403. The summed E-state index contributed by atoms with van der Waals surface area (Å²) >= 11 is 3.36. The largest absolute Gasteiger partial charge is 0.240 e. The van der Waals surface area contributed by atoms with E-state index in [9.17, 15) is 0 Å². The monoisotopic (exact) mass is 238 g/mol. The second-order valence-corrected chi connectivity index (χ2v) is 5.07. The highest BCUT2D eigenvalue weighted by molar-refractivity contribution is 9.10. The Kier molecular flexibility index (Phi) is 1.54. The Morgan fingerprint density at radius 1 is 1.23 bits per heavy atom. The van der Waals surface area contributed by atoms with Gasteiger partial charge in [-0.2, -0.15) is 0 Å². The number of nitrogens with zero attached hydrogens (tertiary/aromatic N) is 2. The Morgan fingerprint density at radius 2 is 1.85 bits per heavy atom. The van der Waals surface area contributed by atoms with E-state index in [0.29, 0.717) is 5.41 Å². The molecule has 0 spiro atoms. The van der Waals surface area contributed by atoms with Crippen LogP contribution in [0.15, 0.2) is 16.9 Å². The summed E-state index contributed by atoms with van der Waals surface area (Å²) < 4.78 is 0.975. The average Bonchev–Trinajstić information content (AvgIpc) is 3.00. The van der Waals surface area contributed by atoms with Crippen molar-refractivity contribution in [3.8, 4) is 0 Å². The number of halogens is 1. The lowest BCUT2D eigenvalue weighted by atomic mass is 10.00. The number of hydrogen-bond donors (Lipinski definition) is 0. The van der Waals surface area contributed by atoms with Crippen molar-refractivity contribution in [3.63, 3.8) is 0 Å². The van der Waals surface area contributed by atoms with Gasteiger partial charge < -0.3 is 0 Å². The fourth-order valence-electron chi connectivity index (χ4n) is 2.15. The minimum atomic E-state index is 0.403. The van der Waals surface area contributed by atoms with Crippen LogP contribution < -0.4 is 0 Å². The molecule has 2 aliphatic rings. The van der Waals surface area contributed by atoms with E-state index in [1.807, 2.05) is 12.4 Å². The molecule has 0 N–H and O–H groups in total. The van der Waals surface area contributed by atoms with Crippen molar-refractivity contribution in [2.75, 3.05) is 0 Å². The lowest BCUT2D eigenvalue weighted by molar-refractivity contribution is 0.556. The van der Waals surface area contributed by atoms with Crippen LogP contribution in [0.1, 0.15) is 31.5 Å². The van der Waals surface area contributed by atoms with Crippen molar-refractivity contribution >= 4 is 15.9 Å². The summed E-state index contributed by atoms with van der Waals surface area (Å²) in [7, 11) is 0. The van der Waals surface area contributed by atoms with Crippen LogP contribution in [0.2, 0.25) is 0 Å². The molecule has 1 aromatic rings. The molecule has 0 atom stereocenters. The van der Waals surface area contributed by atoms with Crippen molar-refractivity contribution in [2.24, 2.45) is 5.92 Å². The molecule has 0 radical (unpaired) electrons. The summed E-state index contributed by atoms with van der Waals surface area (Å²) in [6, 6.07) is 0. The summed E-state index contributed by atoms with van der Waals surface area (Å²) in [5.74, 6) is 1.98. The molecule has 1 heterocycles. The van der Waals surface area contributed by atoms with E-state index >= 15 is 0 Å². The Bertz CT molecular complexity index is 325. The molecule has 2 fully saturated rings. The number of rotatable bonds is 2. The molecule has 0 unspecified atom stereocenters. The lowest BCUT2D eigenvalue weighted by Crippen LogP contribution is -2.13. The fourth-order valence-corrected chi connectivity index (χ4v) is 2.36. The van der Waals surface area contributed by atoms with E-state index in [2.05, 4.69) is 25.9 Å². The molecule has 0 aliphatic heterocycles. The molecular weight excluding hydrogens is 228 g/mol. The summed E-state index contributed by atoms with van der Waals surface area (Å²) in [6.45, 7) is 0. The van der Waals surface area contributed by atoms with Crippen molar-refractivity contribution in [1.29, 1.82) is 0 Å². The zero-order valence-electron chi connectivity index (χ0n) is 7.33. The van der Waals surface area contributed by atoms with Crippen molar-refractivity contribution in [1.82, 2.24) is 9.97 Å². The lowest BCUT2D eigenvalue weighted by Gasteiger charge is -2.11. The zero-order chi connectivity index (χ0) is 8.89. The van der Waals surface area contributed by atoms with Gasteiger partial charge in [0.2, 0.25) is 0 Å². The SMILES string of the molecule is Brc1cnc(C2(C3CC3)CC2)nc1. The second-order valence-electron chi connectivity index (χ2n) is 4.16. The first-order valence-corrected chi connectivity index (χ1v) is 5.59. The topological polar surface area (TPSA) is 25.8 Å². The second kappa shape index (κ2) is 2.53. The molecule has 0 saturated heterocycles. The highest BCUT2D eigenvalue weighted by atomic mass is 79.9. The first-order chi connectivity index (χ1) is 6.31. The Morgan fingerprint density at radius 3 is 2.31 bits per heavy atom. The molecule has 2 nitrogen and oxygen atoms in total. The molecule has 2 aliphatic carbocycles. The summed E-state index contributed by atoms with van der Waals surface area (Å²) in [5, 5.41) is 0. The minimum Gasteiger partial charge on any atom is -0.240 e. The van der Waals surface area contributed by atoms with Gasteiger partial charge in [-0.3, -0.25) is 0 Å². The first-order valence-electron chi connectivity index (χ1n) is 4.79. The number of hydrogen-bond acceptors (Lipinski definition) is 2. The Hall–Kier alpha value is -0.440. The predicted molar refractivity (Wildman–Crippen MR) is 53.4 cm³/mol. The quantitative estimate of drug-likeness (QED) is 0.792. The molecule has 2 saturated carbocycles. The standard InChI is InChI=1S/C10H11BrN2/c11-8-5-12-9(13-6-8)10(3-4-10)7-1-2-7/h5-7H,1-4H2. The maximum Gasteiger partial charge on any atom is 0.134 e. The molecule has 3 rings (SSSR count). The van der Waals surface area contributed by atoms with Gasteiger partial charge in [0.15, 0.2) is 0 Å². The smallest absolute Gasteiger partial charge is 0.134 e. The van der Waals surface area contributed by atoms with E-state index in [1.54, 1.807) is 0 Å². The van der Waals surface area contributed by atoms with Gasteiger partial charge in [-0.05, 0) is 47.5 Å². The van der Waals surface area contributed by atoms with E-state index < -0.39 is 0 Å². The van der Waals surface area contributed by atoms with Crippen LogP contribution in [0.5, 0.6) is 0 Å². The van der Waals surface area contributed by atoms with Gasteiger partial charge >= 0.3 is 0 Å². The van der Waals surface area contributed by atoms with Gasteiger partial charge in [0.1, 0.15) is 5.82 Å². The number of aromatic nitrogens is 2. The maximum absolute atomic E-state index is 4.42. The van der Waals surface area contributed by atoms with E-state index in [0.717, 1.165) is 16.2 Å². The molecule has 0 bridgehead atoms. The van der Waals surface area contributed by atoms with Gasteiger partial charge in [-0.25, -0.2) is 9.97 Å². The van der Waals surface area contributed by atoms with Crippen molar-refractivity contribution < 1.29 is 0 Å². The van der Waals surface area contributed by atoms with E-state index in [4.69, 9.17) is 0 Å². The van der Waals surface area contributed by atoms with Crippen LogP contribution in [0.3, 0.4) is 0 Å². The van der Waals surface area contributed by atoms with Gasteiger partial charge in [-0.1, -0.05) is 0 Å². The summed E-state index contributed by atoms with van der Waals surface area (Å²) in [4.78, 5) is 8.83. The average molecular weight is 239 g/mol. The van der Waals surface area contributed by atoms with Gasteiger partial charge in [0.05, 0.1) is 4.47 Å². The molecule has 0 aromatic carbocycles. The van der Waals surface area contributed by atoms with Crippen LogP contribution in [0.25, 0.3) is 0 Å². The molecular formula is C10H11BrN2. The molecule has 3 heteroatoms. The van der Waals surface area contributed by atoms with E-state index in [-0.39, 0.29) is 0 Å². The van der Waals surface area contributed by atoms with Gasteiger partial charge in [0, 0.05) is 17.8 Å². The normalized spacial score (nSPS) is 24.4. The van der Waals surface area contributed by atoms with Crippen LogP contribution in [0, 0.1) is 5.92 Å². The zero-order valence-corrected chi connectivity index (χ0v) is 8.92. The Labute approximate surface area is 85.9 Å². The van der Waals surface area contributed by atoms with E-state index in [1.165, 1.54) is 25.7 Å². The van der Waals surface area contributed by atoms with Crippen LogP contribution in [-0.4, -0.2) is 9.97 Å². The molecule has 68 valence electrons. The Balaban J connectivity index is 1.95. The van der Waals surface area contributed by atoms with Crippen LogP contribution in [0.4, 0.5) is 0 Å². The molecule has 0 amide bonds. The third kappa shape index (κ3) is 1.21. The third-order valence-electron chi connectivity index (χ3n) is 3.21. The van der Waals surface area contributed by atoms with Crippen LogP contribution in [-0.2, 0) is 5.41 Å².